The van der Waals surface area contributed by atoms with Crippen LogP contribution >= 0.6 is 11.6 Å². The SMILES string of the molecule is CCc1ccc(C=O)c(NCCCl)c1. The molecule has 0 saturated carbocycles. The first-order valence-corrected chi connectivity index (χ1v) is 5.23. The van der Waals surface area contributed by atoms with Crippen molar-refractivity contribution in [2.24, 2.45) is 0 Å². The fourth-order valence-electron chi connectivity index (χ4n) is 1.26. The van der Waals surface area contributed by atoms with Crippen LogP contribution in [0.2, 0.25) is 0 Å². The van der Waals surface area contributed by atoms with Crippen LogP contribution in [-0.4, -0.2) is 18.7 Å². The topological polar surface area (TPSA) is 29.1 Å². The van der Waals surface area contributed by atoms with Crippen LogP contribution in [0.3, 0.4) is 0 Å². The van der Waals surface area contributed by atoms with Gasteiger partial charge >= 0.3 is 0 Å². The number of carbonyl (C=O) groups excluding carboxylic acids is 1. The molecule has 1 aromatic rings. The number of hydrogen-bond donors (Lipinski definition) is 1. The van der Waals surface area contributed by atoms with E-state index in [2.05, 4.69) is 12.2 Å². The molecular formula is C11H14ClNO. The fourth-order valence-corrected chi connectivity index (χ4v) is 1.36. The average Bonchev–Trinajstić information content (AvgIpc) is 2.25. The summed E-state index contributed by atoms with van der Waals surface area (Å²) in [5, 5.41) is 3.13. The van der Waals surface area contributed by atoms with E-state index in [1.165, 1.54) is 5.56 Å². The molecular weight excluding hydrogens is 198 g/mol. The Morgan fingerprint density at radius 1 is 1.50 bits per heavy atom. The third-order valence-corrected chi connectivity index (χ3v) is 2.25. The molecule has 3 heteroatoms. The van der Waals surface area contributed by atoms with Gasteiger partial charge in [-0.05, 0) is 24.1 Å². The van der Waals surface area contributed by atoms with E-state index in [0.29, 0.717) is 18.0 Å². The Morgan fingerprint density at radius 3 is 2.86 bits per heavy atom. The second-order valence-electron chi connectivity index (χ2n) is 3.01. The Hall–Kier alpha value is -1.02. The number of hydrogen-bond acceptors (Lipinski definition) is 2. The minimum atomic E-state index is 0.536. The molecule has 0 aliphatic heterocycles. The smallest absolute Gasteiger partial charge is 0.152 e. The number of nitrogens with one attached hydrogen (secondary N) is 1. The summed E-state index contributed by atoms with van der Waals surface area (Å²) in [5.41, 5.74) is 2.78. The molecule has 76 valence electrons. The summed E-state index contributed by atoms with van der Waals surface area (Å²) in [6.07, 6.45) is 1.82. The first kappa shape index (κ1) is 11.1. The summed E-state index contributed by atoms with van der Waals surface area (Å²) >= 11 is 5.57. The molecule has 1 N–H and O–H groups in total. The third kappa shape index (κ3) is 2.74. The monoisotopic (exact) mass is 211 g/mol. The van der Waals surface area contributed by atoms with E-state index >= 15 is 0 Å². The van der Waals surface area contributed by atoms with Gasteiger partial charge in [-0.25, -0.2) is 0 Å². The van der Waals surface area contributed by atoms with E-state index in [1.54, 1.807) is 0 Å². The summed E-state index contributed by atoms with van der Waals surface area (Å²) in [7, 11) is 0. The van der Waals surface area contributed by atoms with Gasteiger partial charge in [0.15, 0.2) is 6.29 Å². The lowest BCUT2D eigenvalue weighted by Crippen LogP contribution is -2.05. The lowest BCUT2D eigenvalue weighted by atomic mass is 10.1. The maximum atomic E-state index is 10.7. The molecule has 0 unspecified atom stereocenters. The zero-order valence-corrected chi connectivity index (χ0v) is 8.97. The van der Waals surface area contributed by atoms with Gasteiger partial charge in [0.2, 0.25) is 0 Å². The van der Waals surface area contributed by atoms with Crippen LogP contribution < -0.4 is 5.32 Å². The van der Waals surface area contributed by atoms with Gasteiger partial charge in [-0.15, -0.1) is 11.6 Å². The molecule has 14 heavy (non-hydrogen) atoms. The van der Waals surface area contributed by atoms with Gasteiger partial charge in [-0.2, -0.15) is 0 Å². The lowest BCUT2D eigenvalue weighted by molar-refractivity contribution is 0.112. The summed E-state index contributed by atoms with van der Waals surface area (Å²) in [6, 6.07) is 5.80. The molecule has 0 aliphatic rings. The maximum Gasteiger partial charge on any atom is 0.152 e. The highest BCUT2D eigenvalue weighted by atomic mass is 35.5. The van der Waals surface area contributed by atoms with E-state index in [-0.39, 0.29) is 0 Å². The Kier molecular flexibility index (Phi) is 4.47. The number of benzene rings is 1. The number of aryl methyl sites for hydroxylation is 1. The second kappa shape index (κ2) is 5.66. The Morgan fingerprint density at radius 2 is 2.29 bits per heavy atom. The van der Waals surface area contributed by atoms with E-state index in [1.807, 2.05) is 18.2 Å². The normalized spacial score (nSPS) is 9.86. The van der Waals surface area contributed by atoms with Crippen molar-refractivity contribution in [3.63, 3.8) is 0 Å². The first-order chi connectivity index (χ1) is 6.81. The Labute approximate surface area is 89.3 Å². The van der Waals surface area contributed by atoms with Gasteiger partial charge < -0.3 is 5.32 Å². The molecule has 0 amide bonds. The molecule has 0 bridgehead atoms. The Balaban J connectivity index is 2.90. The molecule has 2 nitrogen and oxygen atoms in total. The van der Waals surface area contributed by atoms with Crippen LogP contribution in [0.5, 0.6) is 0 Å². The minimum Gasteiger partial charge on any atom is -0.383 e. The zero-order valence-electron chi connectivity index (χ0n) is 8.22. The van der Waals surface area contributed by atoms with Crippen molar-refractivity contribution in [2.75, 3.05) is 17.7 Å². The number of carbonyl (C=O) groups is 1. The van der Waals surface area contributed by atoms with Crippen molar-refractivity contribution >= 4 is 23.6 Å². The average molecular weight is 212 g/mol. The number of anilines is 1. The number of alkyl halides is 1. The van der Waals surface area contributed by atoms with Crippen molar-refractivity contribution in [3.8, 4) is 0 Å². The van der Waals surface area contributed by atoms with Gasteiger partial charge in [-0.3, -0.25) is 4.79 Å². The quantitative estimate of drug-likeness (QED) is 0.600. The highest BCUT2D eigenvalue weighted by Gasteiger charge is 2.01. The van der Waals surface area contributed by atoms with Crippen LogP contribution in [0, 0.1) is 0 Å². The van der Waals surface area contributed by atoms with E-state index in [9.17, 15) is 4.79 Å². The van der Waals surface area contributed by atoms with Crippen molar-refractivity contribution in [2.45, 2.75) is 13.3 Å². The van der Waals surface area contributed by atoms with E-state index < -0.39 is 0 Å². The highest BCUT2D eigenvalue weighted by Crippen LogP contribution is 2.16. The second-order valence-corrected chi connectivity index (χ2v) is 3.39. The van der Waals surface area contributed by atoms with Crippen molar-refractivity contribution in [3.05, 3.63) is 29.3 Å². The maximum absolute atomic E-state index is 10.7. The van der Waals surface area contributed by atoms with Gasteiger partial charge in [0.05, 0.1) is 0 Å². The molecule has 1 aromatic carbocycles. The Bertz CT molecular complexity index is 312. The number of halogens is 1. The predicted molar refractivity (Wildman–Crippen MR) is 60.4 cm³/mol. The summed E-state index contributed by atoms with van der Waals surface area (Å²) in [4.78, 5) is 10.7. The predicted octanol–water partition coefficient (Wildman–Crippen LogP) is 2.71. The molecule has 1 rings (SSSR count). The minimum absolute atomic E-state index is 0.536. The molecule has 0 saturated heterocycles. The molecule has 0 fully saturated rings. The van der Waals surface area contributed by atoms with Gasteiger partial charge in [0.25, 0.3) is 0 Å². The van der Waals surface area contributed by atoms with Crippen LogP contribution in [0.4, 0.5) is 5.69 Å². The molecule has 0 heterocycles. The highest BCUT2D eigenvalue weighted by molar-refractivity contribution is 6.18. The zero-order chi connectivity index (χ0) is 10.4. The fraction of sp³-hybridized carbons (Fsp3) is 0.364. The lowest BCUT2D eigenvalue weighted by Gasteiger charge is -2.08. The van der Waals surface area contributed by atoms with E-state index in [4.69, 9.17) is 11.6 Å². The van der Waals surface area contributed by atoms with Gasteiger partial charge in [0, 0.05) is 23.7 Å². The summed E-state index contributed by atoms with van der Waals surface area (Å²) in [6.45, 7) is 2.76. The largest absolute Gasteiger partial charge is 0.383 e. The number of rotatable bonds is 5. The van der Waals surface area contributed by atoms with Gasteiger partial charge in [0.1, 0.15) is 0 Å². The van der Waals surface area contributed by atoms with Crippen LogP contribution in [-0.2, 0) is 6.42 Å². The van der Waals surface area contributed by atoms with Crippen molar-refractivity contribution in [1.82, 2.24) is 0 Å². The summed E-state index contributed by atoms with van der Waals surface area (Å²) in [5.74, 6) is 0.536. The molecule has 0 aliphatic carbocycles. The summed E-state index contributed by atoms with van der Waals surface area (Å²) < 4.78 is 0. The van der Waals surface area contributed by atoms with Crippen LogP contribution in [0.15, 0.2) is 18.2 Å². The number of aldehydes is 1. The van der Waals surface area contributed by atoms with Crippen molar-refractivity contribution < 1.29 is 4.79 Å². The molecule has 0 atom stereocenters. The van der Waals surface area contributed by atoms with Crippen LogP contribution in [0.25, 0.3) is 0 Å². The molecule has 0 spiro atoms. The third-order valence-electron chi connectivity index (χ3n) is 2.06. The molecule has 0 radical (unpaired) electrons. The van der Waals surface area contributed by atoms with Crippen LogP contribution in [0.1, 0.15) is 22.8 Å². The van der Waals surface area contributed by atoms with E-state index in [0.717, 1.165) is 18.4 Å². The molecule has 0 aromatic heterocycles. The first-order valence-electron chi connectivity index (χ1n) is 4.69. The van der Waals surface area contributed by atoms with Gasteiger partial charge in [-0.1, -0.05) is 13.0 Å². The van der Waals surface area contributed by atoms with Crippen molar-refractivity contribution in [1.29, 1.82) is 0 Å². The standard InChI is InChI=1S/C11H14ClNO/c1-2-9-3-4-10(8-14)11(7-9)13-6-5-12/h3-4,7-8,13H,2,5-6H2,1H3.